The van der Waals surface area contributed by atoms with Crippen molar-refractivity contribution in [2.24, 2.45) is 0 Å². The second-order valence-corrected chi connectivity index (χ2v) is 4.45. The minimum atomic E-state index is -0.459. The minimum Gasteiger partial charge on any atom is -0.355 e. The van der Waals surface area contributed by atoms with Gasteiger partial charge < -0.3 is 10.6 Å². The lowest BCUT2D eigenvalue weighted by Gasteiger charge is -2.13. The summed E-state index contributed by atoms with van der Waals surface area (Å²) in [7, 11) is 0. The van der Waals surface area contributed by atoms with Crippen LogP contribution < -0.4 is 16.0 Å². The standard InChI is InChI=1S/C14H20FN3O2/c1-3-7-16-14(20)10(2)17-9-13(19)18-12-6-4-5-11(15)8-12/h4-6,8,10,17H,3,7,9H2,1-2H3,(H,16,20)(H,18,19). The van der Waals surface area contributed by atoms with Crippen LogP contribution in [0.2, 0.25) is 0 Å². The summed E-state index contributed by atoms with van der Waals surface area (Å²) in [6, 6.07) is 5.18. The molecule has 6 heteroatoms. The number of halogens is 1. The molecule has 3 N–H and O–H groups in total. The topological polar surface area (TPSA) is 70.2 Å². The van der Waals surface area contributed by atoms with E-state index in [2.05, 4.69) is 16.0 Å². The normalized spacial score (nSPS) is 11.8. The molecule has 1 atom stereocenters. The second kappa shape index (κ2) is 8.27. The molecule has 1 aromatic carbocycles. The number of rotatable bonds is 7. The highest BCUT2D eigenvalue weighted by molar-refractivity contribution is 5.92. The van der Waals surface area contributed by atoms with Crippen LogP contribution in [0.1, 0.15) is 20.3 Å². The Kier molecular flexibility index (Phi) is 6.66. The lowest BCUT2D eigenvalue weighted by Crippen LogP contribution is -2.45. The Bertz CT molecular complexity index is 465. The van der Waals surface area contributed by atoms with Crippen molar-refractivity contribution in [3.8, 4) is 0 Å². The van der Waals surface area contributed by atoms with E-state index >= 15 is 0 Å². The molecule has 0 bridgehead atoms. The first kappa shape index (κ1) is 16.1. The Labute approximate surface area is 117 Å². The molecule has 1 unspecified atom stereocenters. The molecule has 0 spiro atoms. The SMILES string of the molecule is CCCNC(=O)C(C)NCC(=O)Nc1cccc(F)c1. The molecule has 20 heavy (non-hydrogen) atoms. The molecule has 1 rings (SSSR count). The maximum Gasteiger partial charge on any atom is 0.238 e. The highest BCUT2D eigenvalue weighted by atomic mass is 19.1. The first-order valence-electron chi connectivity index (χ1n) is 6.59. The average molecular weight is 281 g/mol. The smallest absolute Gasteiger partial charge is 0.238 e. The molecule has 0 fully saturated rings. The lowest BCUT2D eigenvalue weighted by atomic mass is 10.3. The van der Waals surface area contributed by atoms with Crippen LogP contribution in [-0.2, 0) is 9.59 Å². The Morgan fingerprint density at radius 1 is 1.35 bits per heavy atom. The zero-order valence-corrected chi connectivity index (χ0v) is 11.7. The molecule has 2 amide bonds. The zero-order valence-electron chi connectivity index (χ0n) is 11.7. The zero-order chi connectivity index (χ0) is 15.0. The molecular formula is C14H20FN3O2. The Morgan fingerprint density at radius 2 is 2.10 bits per heavy atom. The van der Waals surface area contributed by atoms with Crippen molar-refractivity contribution in [2.75, 3.05) is 18.4 Å². The van der Waals surface area contributed by atoms with Crippen LogP contribution in [0.3, 0.4) is 0 Å². The number of anilines is 1. The maximum absolute atomic E-state index is 12.9. The lowest BCUT2D eigenvalue weighted by molar-refractivity contribution is -0.123. The van der Waals surface area contributed by atoms with E-state index in [1.165, 1.54) is 18.2 Å². The minimum absolute atomic E-state index is 0.0166. The number of carbonyl (C=O) groups excluding carboxylic acids is 2. The molecular weight excluding hydrogens is 261 g/mol. The molecule has 0 saturated heterocycles. The summed E-state index contributed by atoms with van der Waals surface area (Å²) in [5, 5.41) is 8.09. The van der Waals surface area contributed by atoms with Gasteiger partial charge in [-0.1, -0.05) is 13.0 Å². The quantitative estimate of drug-likeness (QED) is 0.705. The highest BCUT2D eigenvalue weighted by Gasteiger charge is 2.12. The molecule has 0 radical (unpaired) electrons. The van der Waals surface area contributed by atoms with Crippen molar-refractivity contribution < 1.29 is 14.0 Å². The van der Waals surface area contributed by atoms with Gasteiger partial charge in [0, 0.05) is 12.2 Å². The predicted molar refractivity (Wildman–Crippen MR) is 75.8 cm³/mol. The van der Waals surface area contributed by atoms with Gasteiger partial charge in [-0.2, -0.15) is 0 Å². The largest absolute Gasteiger partial charge is 0.355 e. The summed E-state index contributed by atoms with van der Waals surface area (Å²) in [6.07, 6.45) is 0.860. The van der Waals surface area contributed by atoms with Gasteiger partial charge in [0.1, 0.15) is 5.82 Å². The van der Waals surface area contributed by atoms with E-state index in [1.807, 2.05) is 6.92 Å². The molecule has 0 aliphatic carbocycles. The van der Waals surface area contributed by atoms with Crippen molar-refractivity contribution in [3.05, 3.63) is 30.1 Å². The van der Waals surface area contributed by atoms with E-state index in [9.17, 15) is 14.0 Å². The highest BCUT2D eigenvalue weighted by Crippen LogP contribution is 2.08. The summed E-state index contributed by atoms with van der Waals surface area (Å²) in [5.74, 6) is -0.890. The maximum atomic E-state index is 12.9. The van der Waals surface area contributed by atoms with E-state index in [4.69, 9.17) is 0 Å². The summed E-state index contributed by atoms with van der Waals surface area (Å²) in [5.41, 5.74) is 0.389. The van der Waals surface area contributed by atoms with E-state index in [0.29, 0.717) is 12.2 Å². The number of hydrogen-bond acceptors (Lipinski definition) is 3. The van der Waals surface area contributed by atoms with Crippen LogP contribution >= 0.6 is 0 Å². The first-order chi connectivity index (χ1) is 9.52. The molecule has 0 saturated carbocycles. The van der Waals surface area contributed by atoms with Gasteiger partial charge in [-0.05, 0) is 31.5 Å². The van der Waals surface area contributed by atoms with Crippen LogP contribution in [-0.4, -0.2) is 30.9 Å². The Morgan fingerprint density at radius 3 is 2.75 bits per heavy atom. The Hall–Kier alpha value is -1.95. The average Bonchev–Trinajstić information content (AvgIpc) is 2.42. The summed E-state index contributed by atoms with van der Waals surface area (Å²) < 4.78 is 12.9. The third-order valence-electron chi connectivity index (χ3n) is 2.62. The molecule has 0 heterocycles. The molecule has 1 aromatic rings. The molecule has 0 aliphatic heterocycles. The fourth-order valence-electron chi connectivity index (χ4n) is 1.51. The van der Waals surface area contributed by atoms with Crippen molar-refractivity contribution in [1.29, 1.82) is 0 Å². The van der Waals surface area contributed by atoms with Crippen molar-refractivity contribution in [1.82, 2.24) is 10.6 Å². The monoisotopic (exact) mass is 281 g/mol. The molecule has 5 nitrogen and oxygen atoms in total. The summed E-state index contributed by atoms with van der Waals surface area (Å²) >= 11 is 0. The summed E-state index contributed by atoms with van der Waals surface area (Å²) in [4.78, 5) is 23.2. The third kappa shape index (κ3) is 5.79. The van der Waals surface area contributed by atoms with Gasteiger partial charge in [-0.25, -0.2) is 4.39 Å². The Balaban J connectivity index is 2.34. The van der Waals surface area contributed by atoms with Crippen LogP contribution in [0.25, 0.3) is 0 Å². The van der Waals surface area contributed by atoms with E-state index in [-0.39, 0.29) is 18.4 Å². The van der Waals surface area contributed by atoms with Crippen LogP contribution in [0.5, 0.6) is 0 Å². The number of amides is 2. The first-order valence-corrected chi connectivity index (χ1v) is 6.59. The van der Waals surface area contributed by atoms with Gasteiger partial charge in [-0.15, -0.1) is 0 Å². The number of hydrogen-bond donors (Lipinski definition) is 3. The second-order valence-electron chi connectivity index (χ2n) is 4.45. The van der Waals surface area contributed by atoms with Crippen LogP contribution in [0.15, 0.2) is 24.3 Å². The predicted octanol–water partition coefficient (Wildman–Crippen LogP) is 1.27. The fourth-order valence-corrected chi connectivity index (χ4v) is 1.51. The van der Waals surface area contributed by atoms with E-state index in [1.54, 1.807) is 13.0 Å². The molecule has 0 aliphatic rings. The van der Waals surface area contributed by atoms with E-state index in [0.717, 1.165) is 6.42 Å². The van der Waals surface area contributed by atoms with Gasteiger partial charge >= 0.3 is 0 Å². The molecule has 0 aromatic heterocycles. The van der Waals surface area contributed by atoms with Crippen molar-refractivity contribution in [3.63, 3.8) is 0 Å². The third-order valence-corrected chi connectivity index (χ3v) is 2.62. The van der Waals surface area contributed by atoms with Crippen molar-refractivity contribution in [2.45, 2.75) is 26.3 Å². The number of nitrogens with one attached hydrogen (secondary N) is 3. The van der Waals surface area contributed by atoms with Crippen molar-refractivity contribution >= 4 is 17.5 Å². The van der Waals surface area contributed by atoms with Crippen LogP contribution in [0, 0.1) is 5.82 Å². The van der Waals surface area contributed by atoms with E-state index < -0.39 is 11.9 Å². The number of benzene rings is 1. The van der Waals surface area contributed by atoms with Gasteiger partial charge in [0.25, 0.3) is 0 Å². The van der Waals surface area contributed by atoms with Gasteiger partial charge in [0.15, 0.2) is 0 Å². The fraction of sp³-hybridized carbons (Fsp3) is 0.429. The van der Waals surface area contributed by atoms with Crippen LogP contribution in [0.4, 0.5) is 10.1 Å². The van der Waals surface area contributed by atoms with Gasteiger partial charge in [0.2, 0.25) is 11.8 Å². The number of carbonyl (C=O) groups is 2. The molecule has 110 valence electrons. The van der Waals surface area contributed by atoms with Gasteiger partial charge in [0.05, 0.1) is 12.6 Å². The van der Waals surface area contributed by atoms with Gasteiger partial charge in [-0.3, -0.25) is 14.9 Å². The summed E-state index contributed by atoms with van der Waals surface area (Å²) in [6.45, 7) is 4.24.